The Bertz CT molecular complexity index is 244. The van der Waals surface area contributed by atoms with Crippen LogP contribution in [-0.4, -0.2) is 10.7 Å². The fourth-order valence-corrected chi connectivity index (χ4v) is 3.42. The molecule has 0 radical (unpaired) electrons. The molecule has 0 amide bonds. The summed E-state index contributed by atoms with van der Waals surface area (Å²) in [5.74, 6) is 1.96. The number of rotatable bonds is 3. The summed E-state index contributed by atoms with van der Waals surface area (Å²) in [5, 5.41) is 11.0. The molecule has 0 aliphatic heterocycles. The Hall–Kier alpha value is -0.300. The van der Waals surface area contributed by atoms with Crippen molar-refractivity contribution in [2.45, 2.75) is 59.5 Å². The van der Waals surface area contributed by atoms with Gasteiger partial charge in [-0.2, -0.15) is 0 Å². The zero-order chi connectivity index (χ0) is 12.3. The maximum atomic E-state index is 11.0. The Balaban J connectivity index is 2.91. The van der Waals surface area contributed by atoms with Crippen LogP contribution in [-0.2, 0) is 0 Å². The van der Waals surface area contributed by atoms with E-state index in [0.717, 1.165) is 6.42 Å². The fourth-order valence-electron chi connectivity index (χ4n) is 3.42. The highest BCUT2D eigenvalue weighted by Gasteiger charge is 2.45. The molecule has 94 valence electrons. The number of hydrogen-bond donors (Lipinski definition) is 1. The van der Waals surface area contributed by atoms with Crippen LogP contribution in [0.1, 0.15) is 53.9 Å². The number of allylic oxidation sites excluding steroid dienone is 1. The second kappa shape index (κ2) is 5.35. The highest BCUT2D eigenvalue weighted by molar-refractivity contribution is 5.03. The topological polar surface area (TPSA) is 20.2 Å². The summed E-state index contributed by atoms with van der Waals surface area (Å²) < 4.78 is 0. The summed E-state index contributed by atoms with van der Waals surface area (Å²) in [6, 6.07) is 0. The van der Waals surface area contributed by atoms with Gasteiger partial charge in [-0.05, 0) is 37.5 Å². The molecule has 0 spiro atoms. The van der Waals surface area contributed by atoms with E-state index in [0.29, 0.717) is 17.8 Å². The maximum Gasteiger partial charge on any atom is 0.0740 e. The summed E-state index contributed by atoms with van der Waals surface area (Å²) in [6.45, 7) is 11.0. The van der Waals surface area contributed by atoms with Crippen molar-refractivity contribution in [2.75, 3.05) is 0 Å². The molecule has 0 heterocycles. The van der Waals surface area contributed by atoms with Gasteiger partial charge in [0.05, 0.1) is 5.60 Å². The van der Waals surface area contributed by atoms with Crippen LogP contribution < -0.4 is 0 Å². The molecule has 1 N–H and O–H groups in total. The molecule has 1 aliphatic rings. The molecule has 4 atom stereocenters. The van der Waals surface area contributed by atoms with Crippen molar-refractivity contribution in [1.82, 2.24) is 0 Å². The molecule has 1 saturated carbocycles. The average molecular weight is 224 g/mol. The van der Waals surface area contributed by atoms with Crippen molar-refractivity contribution in [3.05, 3.63) is 12.2 Å². The third-order valence-electron chi connectivity index (χ3n) is 4.36. The van der Waals surface area contributed by atoms with Gasteiger partial charge in [0.25, 0.3) is 0 Å². The maximum absolute atomic E-state index is 11.0. The van der Waals surface area contributed by atoms with Crippen molar-refractivity contribution in [3.63, 3.8) is 0 Å². The molecular formula is C15H28O. The Labute approximate surface area is 101 Å². The lowest BCUT2D eigenvalue weighted by Gasteiger charge is -2.47. The molecule has 1 aliphatic carbocycles. The summed E-state index contributed by atoms with van der Waals surface area (Å²) in [5.41, 5.74) is -0.488. The SMILES string of the molecule is C/C=C/[C@H](C)[C@@]1(O)C[C@H](C)CC[C@H]1C(C)C. The van der Waals surface area contributed by atoms with Crippen molar-refractivity contribution in [3.8, 4) is 0 Å². The van der Waals surface area contributed by atoms with E-state index < -0.39 is 5.60 Å². The van der Waals surface area contributed by atoms with Crippen molar-refractivity contribution >= 4 is 0 Å². The second-order valence-electron chi connectivity index (χ2n) is 6.04. The van der Waals surface area contributed by atoms with Crippen LogP contribution in [0.15, 0.2) is 12.2 Å². The van der Waals surface area contributed by atoms with Gasteiger partial charge in [-0.3, -0.25) is 0 Å². The van der Waals surface area contributed by atoms with Crippen molar-refractivity contribution in [2.24, 2.45) is 23.7 Å². The Morgan fingerprint density at radius 1 is 1.25 bits per heavy atom. The molecule has 0 saturated heterocycles. The molecule has 0 aromatic rings. The molecule has 1 fully saturated rings. The van der Waals surface area contributed by atoms with E-state index in [1.807, 2.05) is 6.92 Å². The molecule has 1 rings (SSSR count). The Kier molecular flexibility index (Phi) is 4.61. The normalized spacial score (nSPS) is 38.2. The molecule has 1 nitrogen and oxygen atoms in total. The first kappa shape index (κ1) is 13.8. The van der Waals surface area contributed by atoms with Gasteiger partial charge in [-0.1, -0.05) is 46.3 Å². The fraction of sp³-hybridized carbons (Fsp3) is 0.867. The highest BCUT2D eigenvalue weighted by Crippen LogP contribution is 2.45. The van der Waals surface area contributed by atoms with E-state index in [1.165, 1.54) is 12.8 Å². The van der Waals surface area contributed by atoms with Crippen LogP contribution in [0.4, 0.5) is 0 Å². The summed E-state index contributed by atoms with van der Waals surface area (Å²) in [6.07, 6.45) is 7.64. The van der Waals surface area contributed by atoms with Crippen LogP contribution in [0.2, 0.25) is 0 Å². The Morgan fingerprint density at radius 2 is 1.88 bits per heavy atom. The lowest BCUT2D eigenvalue weighted by atomic mass is 9.62. The van der Waals surface area contributed by atoms with E-state index in [4.69, 9.17) is 0 Å². The van der Waals surface area contributed by atoms with Crippen LogP contribution in [0, 0.1) is 23.7 Å². The predicted molar refractivity (Wildman–Crippen MR) is 70.3 cm³/mol. The molecule has 0 unspecified atom stereocenters. The van der Waals surface area contributed by atoms with Gasteiger partial charge in [0, 0.05) is 5.92 Å². The van der Waals surface area contributed by atoms with Gasteiger partial charge < -0.3 is 5.11 Å². The van der Waals surface area contributed by atoms with E-state index >= 15 is 0 Å². The van der Waals surface area contributed by atoms with Crippen LogP contribution in [0.25, 0.3) is 0 Å². The average Bonchev–Trinajstić information content (AvgIpc) is 2.17. The first-order valence-electron chi connectivity index (χ1n) is 6.77. The number of aliphatic hydroxyl groups is 1. The quantitative estimate of drug-likeness (QED) is 0.718. The van der Waals surface area contributed by atoms with E-state index in [-0.39, 0.29) is 5.92 Å². The molecule has 1 heteroatoms. The third kappa shape index (κ3) is 2.68. The monoisotopic (exact) mass is 224 g/mol. The van der Waals surface area contributed by atoms with Gasteiger partial charge in [-0.15, -0.1) is 0 Å². The second-order valence-corrected chi connectivity index (χ2v) is 6.04. The minimum atomic E-state index is -0.488. The van der Waals surface area contributed by atoms with E-state index in [1.54, 1.807) is 0 Å². The van der Waals surface area contributed by atoms with Gasteiger partial charge >= 0.3 is 0 Å². The molecule has 0 aromatic heterocycles. The Morgan fingerprint density at radius 3 is 2.38 bits per heavy atom. The zero-order valence-electron chi connectivity index (χ0n) is 11.5. The smallest absolute Gasteiger partial charge is 0.0740 e. The summed E-state index contributed by atoms with van der Waals surface area (Å²) in [7, 11) is 0. The van der Waals surface area contributed by atoms with Crippen LogP contribution >= 0.6 is 0 Å². The molecule has 0 bridgehead atoms. The molecular weight excluding hydrogens is 196 g/mol. The van der Waals surface area contributed by atoms with Gasteiger partial charge in [0.15, 0.2) is 0 Å². The summed E-state index contributed by atoms with van der Waals surface area (Å²) in [4.78, 5) is 0. The van der Waals surface area contributed by atoms with Gasteiger partial charge in [-0.25, -0.2) is 0 Å². The lowest BCUT2D eigenvalue weighted by Crippen LogP contribution is -2.49. The molecule has 16 heavy (non-hydrogen) atoms. The van der Waals surface area contributed by atoms with Gasteiger partial charge in [0.2, 0.25) is 0 Å². The first-order valence-corrected chi connectivity index (χ1v) is 6.77. The minimum Gasteiger partial charge on any atom is -0.389 e. The van der Waals surface area contributed by atoms with Crippen molar-refractivity contribution < 1.29 is 5.11 Å². The largest absolute Gasteiger partial charge is 0.389 e. The third-order valence-corrected chi connectivity index (χ3v) is 4.36. The molecule has 0 aromatic carbocycles. The predicted octanol–water partition coefficient (Wildman–Crippen LogP) is 4.02. The first-order chi connectivity index (χ1) is 7.41. The van der Waals surface area contributed by atoms with Crippen LogP contribution in [0.5, 0.6) is 0 Å². The van der Waals surface area contributed by atoms with Gasteiger partial charge in [0.1, 0.15) is 0 Å². The standard InChI is InChI=1S/C15H28O/c1-6-7-13(5)15(16)10-12(4)8-9-14(15)11(2)3/h6-7,11-14,16H,8-10H2,1-5H3/b7-6+/t12-,13+,14+,15+/m1/s1. The lowest BCUT2D eigenvalue weighted by molar-refractivity contribution is -0.105. The van der Waals surface area contributed by atoms with E-state index in [9.17, 15) is 5.11 Å². The van der Waals surface area contributed by atoms with Crippen molar-refractivity contribution in [1.29, 1.82) is 0 Å². The highest BCUT2D eigenvalue weighted by atomic mass is 16.3. The number of hydrogen-bond acceptors (Lipinski definition) is 1. The van der Waals surface area contributed by atoms with E-state index in [2.05, 4.69) is 39.8 Å². The summed E-state index contributed by atoms with van der Waals surface area (Å²) >= 11 is 0. The minimum absolute atomic E-state index is 0.271. The zero-order valence-corrected chi connectivity index (χ0v) is 11.5. The van der Waals surface area contributed by atoms with Crippen LogP contribution in [0.3, 0.4) is 0 Å².